The van der Waals surface area contributed by atoms with Crippen molar-refractivity contribution in [2.75, 3.05) is 13.2 Å². The number of carbonyl (C=O) groups is 2. The zero-order chi connectivity index (χ0) is 20.1. The van der Waals surface area contributed by atoms with Crippen LogP contribution in [-0.2, 0) is 4.79 Å². The summed E-state index contributed by atoms with van der Waals surface area (Å²) in [6.07, 6.45) is 7.13. The number of aliphatic hydroxyl groups is 1. The van der Waals surface area contributed by atoms with E-state index < -0.39 is 0 Å². The van der Waals surface area contributed by atoms with Gasteiger partial charge in [-0.05, 0) is 30.2 Å². The molecule has 1 aliphatic rings. The van der Waals surface area contributed by atoms with Crippen LogP contribution in [0, 0.1) is 0 Å². The number of nitrogens with one attached hydrogen (secondary N) is 1. The highest BCUT2D eigenvalue weighted by Crippen LogP contribution is 2.40. The van der Waals surface area contributed by atoms with Crippen molar-refractivity contribution in [3.8, 4) is 0 Å². The number of nitrogens with zero attached hydrogens (tertiary/aromatic N) is 2. The topological polar surface area (TPSA) is 82.5 Å². The van der Waals surface area contributed by atoms with Crippen molar-refractivity contribution in [1.29, 1.82) is 0 Å². The Morgan fingerprint density at radius 1 is 1.14 bits per heavy atom. The molecule has 146 valence electrons. The van der Waals surface area contributed by atoms with Crippen molar-refractivity contribution in [3.63, 3.8) is 0 Å². The molecule has 0 saturated carbocycles. The summed E-state index contributed by atoms with van der Waals surface area (Å²) in [4.78, 5) is 30.1. The Kier molecular flexibility index (Phi) is 6.21. The van der Waals surface area contributed by atoms with Crippen LogP contribution >= 0.6 is 0 Å². The Morgan fingerprint density at radius 2 is 1.82 bits per heavy atom. The van der Waals surface area contributed by atoms with Gasteiger partial charge in [-0.15, -0.1) is 0 Å². The molecule has 1 aliphatic heterocycles. The summed E-state index contributed by atoms with van der Waals surface area (Å²) in [7, 11) is 0. The van der Waals surface area contributed by atoms with Gasteiger partial charge >= 0.3 is 0 Å². The predicted molar refractivity (Wildman–Crippen MR) is 108 cm³/mol. The molecule has 6 nitrogen and oxygen atoms in total. The van der Waals surface area contributed by atoms with E-state index in [-0.39, 0.29) is 36.4 Å². The average molecular weight is 379 g/mol. The third-order valence-corrected chi connectivity index (χ3v) is 5.19. The Morgan fingerprint density at radius 3 is 2.39 bits per heavy atom. The molecule has 1 aromatic heterocycles. The Hall–Kier alpha value is -2.99. The Balaban J connectivity index is 1.78. The van der Waals surface area contributed by atoms with Crippen LogP contribution in [0.5, 0.6) is 0 Å². The second-order valence-electron chi connectivity index (χ2n) is 6.88. The van der Waals surface area contributed by atoms with Crippen LogP contribution < -0.4 is 5.32 Å². The molecule has 2 amide bonds. The molecule has 0 bridgehead atoms. The second kappa shape index (κ2) is 8.80. The molecule has 1 aromatic carbocycles. The van der Waals surface area contributed by atoms with Gasteiger partial charge < -0.3 is 15.3 Å². The number of pyridine rings is 1. The monoisotopic (exact) mass is 379 g/mol. The fraction of sp³-hybridized carbons (Fsp3) is 0.318. The lowest BCUT2D eigenvalue weighted by Gasteiger charge is -2.54. The first-order valence-corrected chi connectivity index (χ1v) is 9.37. The minimum Gasteiger partial charge on any atom is -0.394 e. The highest BCUT2D eigenvalue weighted by Gasteiger charge is 2.49. The molecule has 0 aliphatic carbocycles. The lowest BCUT2D eigenvalue weighted by atomic mass is 9.75. The van der Waals surface area contributed by atoms with Crippen LogP contribution in [0.1, 0.15) is 41.3 Å². The summed E-state index contributed by atoms with van der Waals surface area (Å²) < 4.78 is 0. The van der Waals surface area contributed by atoms with Crippen LogP contribution in [0.3, 0.4) is 0 Å². The number of carbonyl (C=O) groups excluding carboxylic acids is 2. The van der Waals surface area contributed by atoms with Crippen molar-refractivity contribution in [1.82, 2.24) is 15.2 Å². The summed E-state index contributed by atoms with van der Waals surface area (Å²) in [5.74, 6) is -0.351. The molecule has 1 fully saturated rings. The van der Waals surface area contributed by atoms with E-state index in [1.54, 1.807) is 29.4 Å². The van der Waals surface area contributed by atoms with Crippen molar-refractivity contribution in [3.05, 3.63) is 71.6 Å². The van der Waals surface area contributed by atoms with Gasteiger partial charge in [-0.2, -0.15) is 0 Å². The van der Waals surface area contributed by atoms with Crippen molar-refractivity contribution < 1.29 is 14.7 Å². The lowest BCUT2D eigenvalue weighted by molar-refractivity contribution is -0.147. The number of aliphatic hydroxyl groups excluding tert-OH is 1. The Bertz CT molecular complexity index is 849. The fourth-order valence-corrected chi connectivity index (χ4v) is 3.91. The number of rotatable bonds is 6. The number of allylic oxidation sites excluding steroid dienone is 1. The maximum absolute atomic E-state index is 12.4. The Labute approximate surface area is 164 Å². The normalized spacial score (nSPS) is 21.4. The third kappa shape index (κ3) is 3.97. The average Bonchev–Trinajstić information content (AvgIpc) is 2.69. The number of amides is 2. The molecule has 3 atom stereocenters. The molecule has 0 spiro atoms. The second-order valence-corrected chi connectivity index (χ2v) is 6.88. The van der Waals surface area contributed by atoms with E-state index >= 15 is 0 Å². The first-order valence-electron chi connectivity index (χ1n) is 9.37. The maximum Gasteiger partial charge on any atom is 0.251 e. The molecule has 0 radical (unpaired) electrons. The molecular formula is C22H25N3O3. The standard InChI is InChI=1S/C22H25N3O3/c1-3-4-16-5-7-17(8-6-16)21-19(25(15(2)27)20(21)14-26)13-24-22(28)18-9-11-23-12-10-18/h3-12,19-21,26H,13-14H2,1-2H3,(H,24,28)/b4-3+/t19-,20-,21-/m1/s1. The van der Waals surface area contributed by atoms with Gasteiger partial charge in [-0.3, -0.25) is 14.6 Å². The predicted octanol–water partition coefficient (Wildman–Crippen LogP) is 2.22. The molecule has 1 saturated heterocycles. The van der Waals surface area contributed by atoms with Crippen LogP contribution in [0.25, 0.3) is 6.08 Å². The maximum atomic E-state index is 12.4. The van der Waals surface area contributed by atoms with Crippen molar-refractivity contribution in [2.24, 2.45) is 0 Å². The van der Waals surface area contributed by atoms with E-state index in [1.807, 2.05) is 43.3 Å². The molecule has 28 heavy (non-hydrogen) atoms. The lowest BCUT2D eigenvalue weighted by Crippen LogP contribution is -2.68. The summed E-state index contributed by atoms with van der Waals surface area (Å²) in [5.41, 5.74) is 2.67. The van der Waals surface area contributed by atoms with E-state index in [9.17, 15) is 14.7 Å². The van der Waals surface area contributed by atoms with E-state index in [4.69, 9.17) is 0 Å². The summed E-state index contributed by atoms with van der Waals surface area (Å²) in [5, 5.41) is 12.8. The number of likely N-dealkylation sites (tertiary alicyclic amines) is 1. The van der Waals surface area contributed by atoms with Gasteiger partial charge in [-0.1, -0.05) is 36.4 Å². The summed E-state index contributed by atoms with van der Waals surface area (Å²) >= 11 is 0. The van der Waals surface area contributed by atoms with Gasteiger partial charge in [0.15, 0.2) is 0 Å². The highest BCUT2D eigenvalue weighted by atomic mass is 16.3. The molecule has 2 aromatic rings. The summed E-state index contributed by atoms with van der Waals surface area (Å²) in [6.45, 7) is 3.66. The molecule has 3 rings (SSSR count). The van der Waals surface area contributed by atoms with Gasteiger partial charge in [-0.25, -0.2) is 0 Å². The quantitative estimate of drug-likeness (QED) is 0.806. The van der Waals surface area contributed by atoms with E-state index in [0.29, 0.717) is 12.1 Å². The van der Waals surface area contributed by atoms with E-state index in [0.717, 1.165) is 11.1 Å². The molecule has 2 N–H and O–H groups in total. The largest absolute Gasteiger partial charge is 0.394 e. The van der Waals surface area contributed by atoms with Gasteiger partial charge in [0.05, 0.1) is 18.7 Å². The zero-order valence-corrected chi connectivity index (χ0v) is 16.1. The minimum absolute atomic E-state index is 0.0358. The molecule has 0 unspecified atom stereocenters. The smallest absolute Gasteiger partial charge is 0.251 e. The van der Waals surface area contributed by atoms with Gasteiger partial charge in [0.2, 0.25) is 5.91 Å². The van der Waals surface area contributed by atoms with Crippen LogP contribution in [-0.4, -0.2) is 52.0 Å². The summed E-state index contributed by atoms with van der Waals surface area (Å²) in [6, 6.07) is 10.9. The first kappa shape index (κ1) is 19.8. The zero-order valence-electron chi connectivity index (χ0n) is 16.1. The third-order valence-electron chi connectivity index (χ3n) is 5.19. The number of aromatic nitrogens is 1. The number of hydrogen-bond acceptors (Lipinski definition) is 4. The van der Waals surface area contributed by atoms with E-state index in [1.165, 1.54) is 6.92 Å². The minimum atomic E-state index is -0.284. The molecular weight excluding hydrogens is 354 g/mol. The van der Waals surface area contributed by atoms with Gasteiger partial charge in [0.1, 0.15) is 0 Å². The van der Waals surface area contributed by atoms with Crippen LogP contribution in [0.15, 0.2) is 54.9 Å². The van der Waals surface area contributed by atoms with Crippen molar-refractivity contribution >= 4 is 17.9 Å². The van der Waals surface area contributed by atoms with Crippen molar-refractivity contribution in [2.45, 2.75) is 31.8 Å². The molecule has 6 heteroatoms. The van der Waals surface area contributed by atoms with E-state index in [2.05, 4.69) is 10.3 Å². The van der Waals surface area contributed by atoms with Crippen LogP contribution in [0.4, 0.5) is 0 Å². The highest BCUT2D eigenvalue weighted by molar-refractivity contribution is 5.94. The molecule has 2 heterocycles. The van der Waals surface area contributed by atoms with Gasteiger partial charge in [0.25, 0.3) is 5.91 Å². The van der Waals surface area contributed by atoms with Crippen LogP contribution in [0.2, 0.25) is 0 Å². The number of benzene rings is 1. The number of hydrogen-bond donors (Lipinski definition) is 2. The first-order chi connectivity index (χ1) is 13.6. The van der Waals surface area contributed by atoms with Gasteiger partial charge in [0, 0.05) is 37.3 Å². The fourth-order valence-electron chi connectivity index (χ4n) is 3.91. The SMILES string of the molecule is C/C=C/c1ccc([C@H]2[C@@H](CO)N(C(C)=O)[C@@H]2CNC(=O)c2ccncc2)cc1.